The van der Waals surface area contributed by atoms with Crippen LogP contribution in [0.4, 0.5) is 11.9 Å². The largest absolute Gasteiger partial charge is 0.394 e. The number of hydrogen-bond donors (Lipinski definition) is 3. The van der Waals surface area contributed by atoms with Crippen LogP contribution in [0.3, 0.4) is 0 Å². The van der Waals surface area contributed by atoms with Gasteiger partial charge in [-0.25, -0.2) is 8.42 Å². The van der Waals surface area contributed by atoms with Crippen molar-refractivity contribution in [3.05, 3.63) is 35.4 Å². The van der Waals surface area contributed by atoms with E-state index in [2.05, 4.69) is 25.0 Å². The molecule has 0 aliphatic carbocycles. The molecular formula is C19H27N5O4S2. The summed E-state index contributed by atoms with van der Waals surface area (Å²) in [4.78, 5) is 25.0. The summed E-state index contributed by atoms with van der Waals surface area (Å²) in [7, 11) is -3.60. The van der Waals surface area contributed by atoms with Gasteiger partial charge in [0.1, 0.15) is 0 Å². The van der Waals surface area contributed by atoms with E-state index in [-0.39, 0.29) is 41.2 Å². The van der Waals surface area contributed by atoms with Gasteiger partial charge in [-0.1, -0.05) is 49.9 Å². The number of thioether (sulfide) groups is 1. The predicted molar refractivity (Wildman–Crippen MR) is 118 cm³/mol. The van der Waals surface area contributed by atoms with Gasteiger partial charge in [-0.15, -0.1) is 0 Å². The van der Waals surface area contributed by atoms with E-state index >= 15 is 0 Å². The Labute approximate surface area is 181 Å². The van der Waals surface area contributed by atoms with Gasteiger partial charge in [0, 0.05) is 5.56 Å². The molecule has 0 saturated heterocycles. The Kier molecular flexibility index (Phi) is 8.56. The number of anilines is 2. The van der Waals surface area contributed by atoms with Crippen LogP contribution < -0.4 is 10.0 Å². The number of benzene rings is 1. The highest BCUT2D eigenvalue weighted by Gasteiger charge is 2.17. The monoisotopic (exact) mass is 453 g/mol. The molecule has 1 heterocycles. The number of ketones is 1. The maximum absolute atomic E-state index is 12.5. The fourth-order valence-electron chi connectivity index (χ4n) is 2.72. The third-order valence-corrected chi connectivity index (χ3v) is 5.38. The maximum atomic E-state index is 12.5. The Balaban J connectivity index is 2.23. The Morgan fingerprint density at radius 2 is 1.83 bits per heavy atom. The topological polar surface area (TPSA) is 134 Å². The molecule has 1 aromatic carbocycles. The fourth-order valence-corrected chi connectivity index (χ4v) is 3.86. The van der Waals surface area contributed by atoms with E-state index in [9.17, 15) is 18.3 Å². The van der Waals surface area contributed by atoms with E-state index in [1.54, 1.807) is 12.1 Å². The lowest BCUT2D eigenvalue weighted by molar-refractivity contribution is 0.102. The molecule has 9 nitrogen and oxygen atoms in total. The molecule has 3 N–H and O–H groups in total. The second-order valence-electron chi connectivity index (χ2n) is 7.32. The van der Waals surface area contributed by atoms with E-state index < -0.39 is 10.0 Å². The summed E-state index contributed by atoms with van der Waals surface area (Å²) < 4.78 is 25.4. The van der Waals surface area contributed by atoms with Crippen LogP contribution in [-0.2, 0) is 10.0 Å². The summed E-state index contributed by atoms with van der Waals surface area (Å²) in [5.74, 6) is 0.301. The van der Waals surface area contributed by atoms with E-state index in [0.29, 0.717) is 17.9 Å². The molecule has 1 atom stereocenters. The molecule has 0 fully saturated rings. The molecule has 2 aromatic rings. The summed E-state index contributed by atoms with van der Waals surface area (Å²) in [5.41, 5.74) is 1.49. The van der Waals surface area contributed by atoms with Gasteiger partial charge in [0.15, 0.2) is 10.9 Å². The first-order valence-corrected chi connectivity index (χ1v) is 12.3. The summed E-state index contributed by atoms with van der Waals surface area (Å²) in [6.45, 7) is 5.77. The minimum Gasteiger partial charge on any atom is -0.394 e. The minimum atomic E-state index is -3.60. The van der Waals surface area contributed by atoms with Crippen LogP contribution in [0, 0.1) is 12.8 Å². The SMILES string of the molecule is Cc1ccccc1C(=O)CSc1nc(N[C@@H](CO)CC(C)C)nc(NS(C)(=O)=O)n1. The van der Waals surface area contributed by atoms with Gasteiger partial charge in [-0.2, -0.15) is 15.0 Å². The summed E-state index contributed by atoms with van der Waals surface area (Å²) in [6.07, 6.45) is 1.67. The molecule has 0 bridgehead atoms. The number of aryl methyl sites for hydroxylation is 1. The number of aliphatic hydroxyl groups excluding tert-OH is 1. The fraction of sp³-hybridized carbons (Fsp3) is 0.474. The Hall–Kier alpha value is -2.24. The van der Waals surface area contributed by atoms with Crippen molar-refractivity contribution in [1.29, 1.82) is 0 Å². The lowest BCUT2D eigenvalue weighted by atomic mass is 10.0. The van der Waals surface area contributed by atoms with Crippen molar-refractivity contribution in [2.24, 2.45) is 5.92 Å². The molecule has 0 aliphatic rings. The number of nitrogens with one attached hydrogen (secondary N) is 2. The van der Waals surface area contributed by atoms with Crippen molar-refractivity contribution in [3.63, 3.8) is 0 Å². The molecule has 0 radical (unpaired) electrons. The molecule has 11 heteroatoms. The molecule has 0 unspecified atom stereocenters. The highest BCUT2D eigenvalue weighted by Crippen LogP contribution is 2.20. The number of Topliss-reactive ketones (excluding diaryl/α,β-unsaturated/α-hetero) is 1. The number of nitrogens with zero attached hydrogens (tertiary/aromatic N) is 3. The van der Waals surface area contributed by atoms with Crippen LogP contribution in [-0.4, -0.2) is 58.9 Å². The molecule has 0 amide bonds. The first kappa shape index (κ1) is 24.0. The first-order valence-electron chi connectivity index (χ1n) is 9.40. The second kappa shape index (κ2) is 10.7. The van der Waals surface area contributed by atoms with Gasteiger partial charge in [0.25, 0.3) is 0 Å². The van der Waals surface area contributed by atoms with Crippen LogP contribution in [0.2, 0.25) is 0 Å². The van der Waals surface area contributed by atoms with Gasteiger partial charge in [0.2, 0.25) is 21.9 Å². The number of carbonyl (C=O) groups excluding carboxylic acids is 1. The summed E-state index contributed by atoms with van der Waals surface area (Å²) in [6, 6.07) is 6.98. The zero-order valence-corrected chi connectivity index (χ0v) is 19.0. The maximum Gasteiger partial charge on any atom is 0.242 e. The smallest absolute Gasteiger partial charge is 0.242 e. The van der Waals surface area contributed by atoms with Crippen LogP contribution in [0.25, 0.3) is 0 Å². The number of hydrogen-bond acceptors (Lipinski definition) is 9. The van der Waals surface area contributed by atoms with Gasteiger partial charge in [-0.05, 0) is 24.8 Å². The molecule has 0 saturated carbocycles. The third-order valence-electron chi connectivity index (χ3n) is 3.98. The average Bonchev–Trinajstić information content (AvgIpc) is 2.64. The summed E-state index contributed by atoms with van der Waals surface area (Å²) >= 11 is 1.09. The van der Waals surface area contributed by atoms with E-state index in [1.807, 2.05) is 32.9 Å². The Bertz CT molecular complexity index is 983. The van der Waals surface area contributed by atoms with E-state index in [4.69, 9.17) is 0 Å². The lowest BCUT2D eigenvalue weighted by Crippen LogP contribution is -2.27. The van der Waals surface area contributed by atoms with Crippen LogP contribution in [0.5, 0.6) is 0 Å². The molecule has 1 aromatic heterocycles. The molecule has 0 spiro atoms. The zero-order valence-electron chi connectivity index (χ0n) is 17.4. The van der Waals surface area contributed by atoms with Crippen LogP contribution >= 0.6 is 11.8 Å². The standard InChI is InChI=1S/C19H27N5O4S2/c1-12(2)9-14(10-25)20-17-21-18(24-30(4,27)28)23-19(22-17)29-11-16(26)15-8-6-5-7-13(15)3/h5-8,12,14,25H,9-11H2,1-4H3,(H2,20,21,22,23,24)/t14-/m1/s1. The van der Waals surface area contributed by atoms with Crippen molar-refractivity contribution in [2.45, 2.75) is 38.4 Å². The number of sulfonamides is 1. The van der Waals surface area contributed by atoms with Gasteiger partial charge in [0.05, 0.1) is 24.7 Å². The second-order valence-corrected chi connectivity index (χ2v) is 10.0. The zero-order chi connectivity index (χ0) is 22.3. The molecular weight excluding hydrogens is 426 g/mol. The average molecular weight is 454 g/mol. The molecule has 2 rings (SSSR count). The lowest BCUT2D eigenvalue weighted by Gasteiger charge is -2.18. The molecule has 0 aliphatic heterocycles. The van der Waals surface area contributed by atoms with Gasteiger partial charge >= 0.3 is 0 Å². The Morgan fingerprint density at radius 3 is 2.43 bits per heavy atom. The van der Waals surface area contributed by atoms with E-state index in [1.165, 1.54) is 0 Å². The Morgan fingerprint density at radius 1 is 1.17 bits per heavy atom. The highest BCUT2D eigenvalue weighted by molar-refractivity contribution is 7.99. The summed E-state index contributed by atoms with van der Waals surface area (Å²) in [5, 5.41) is 12.8. The highest BCUT2D eigenvalue weighted by atomic mass is 32.2. The number of carbonyl (C=O) groups is 1. The van der Waals surface area contributed by atoms with Crippen molar-refractivity contribution in [2.75, 3.05) is 28.7 Å². The molecule has 164 valence electrons. The number of aromatic nitrogens is 3. The van der Waals surface area contributed by atoms with Crippen molar-refractivity contribution >= 4 is 39.5 Å². The quantitative estimate of drug-likeness (QED) is 0.346. The van der Waals surface area contributed by atoms with Crippen molar-refractivity contribution < 1.29 is 18.3 Å². The van der Waals surface area contributed by atoms with Gasteiger partial charge < -0.3 is 10.4 Å². The van der Waals surface area contributed by atoms with Crippen molar-refractivity contribution in [1.82, 2.24) is 15.0 Å². The third kappa shape index (κ3) is 7.88. The first-order chi connectivity index (χ1) is 14.1. The van der Waals surface area contributed by atoms with E-state index in [0.717, 1.165) is 23.6 Å². The normalized spacial score (nSPS) is 12.6. The number of aliphatic hydroxyl groups is 1. The van der Waals surface area contributed by atoms with Crippen LogP contribution in [0.1, 0.15) is 36.2 Å². The predicted octanol–water partition coefficient (Wildman–Crippen LogP) is 2.35. The minimum absolute atomic E-state index is 0.0845. The van der Waals surface area contributed by atoms with Crippen molar-refractivity contribution in [3.8, 4) is 0 Å². The van der Waals surface area contributed by atoms with Crippen LogP contribution in [0.15, 0.2) is 29.4 Å². The van der Waals surface area contributed by atoms with Gasteiger partial charge in [-0.3, -0.25) is 9.52 Å². The number of rotatable bonds is 11. The molecule has 30 heavy (non-hydrogen) atoms.